The average Bonchev–Trinajstić information content (AvgIpc) is 2.68. The number of benzene rings is 1. The van der Waals surface area contributed by atoms with E-state index in [9.17, 15) is 30.8 Å². The van der Waals surface area contributed by atoms with Crippen molar-refractivity contribution in [1.29, 1.82) is 0 Å². The van der Waals surface area contributed by atoms with Gasteiger partial charge in [-0.05, 0) is 24.3 Å². The van der Waals surface area contributed by atoms with E-state index in [-0.39, 0.29) is 32.0 Å². The van der Waals surface area contributed by atoms with Gasteiger partial charge in [0.1, 0.15) is 11.9 Å². The summed E-state index contributed by atoms with van der Waals surface area (Å²) in [7, 11) is -7.83. The molecule has 1 saturated heterocycles. The van der Waals surface area contributed by atoms with Crippen LogP contribution in [0.4, 0.5) is 10.1 Å². The van der Waals surface area contributed by atoms with Gasteiger partial charge in [-0.1, -0.05) is 0 Å². The van der Waals surface area contributed by atoms with Crippen LogP contribution in [0.5, 0.6) is 0 Å². The Hall–Kier alpha value is -2.09. The number of nitrogens with zero attached hydrogens (tertiary/aromatic N) is 2. The first kappa shape index (κ1) is 24.2. The molecule has 1 aliphatic heterocycles. The second-order valence-corrected chi connectivity index (χ2v) is 10.5. The summed E-state index contributed by atoms with van der Waals surface area (Å²) in [5.41, 5.74) is 0.139. The molecule has 0 saturated carbocycles. The molecule has 168 valence electrons. The summed E-state index contributed by atoms with van der Waals surface area (Å²) in [6.45, 7) is 0.374. The Labute approximate surface area is 174 Å². The van der Waals surface area contributed by atoms with Crippen LogP contribution in [-0.4, -0.2) is 90.8 Å². The van der Waals surface area contributed by atoms with E-state index in [1.54, 1.807) is 0 Å². The van der Waals surface area contributed by atoms with Crippen LogP contribution < -0.4 is 4.90 Å². The summed E-state index contributed by atoms with van der Waals surface area (Å²) < 4.78 is 70.1. The number of morpholine rings is 1. The molecule has 0 bridgehead atoms. The highest BCUT2D eigenvalue weighted by Gasteiger charge is 2.35. The van der Waals surface area contributed by atoms with Crippen molar-refractivity contribution in [2.75, 3.05) is 55.6 Å². The van der Waals surface area contributed by atoms with Gasteiger partial charge in [0.2, 0.25) is 12.3 Å². The second kappa shape index (κ2) is 10.3. The predicted molar refractivity (Wildman–Crippen MR) is 106 cm³/mol. The molecule has 0 N–H and O–H groups in total. The van der Waals surface area contributed by atoms with Gasteiger partial charge in [0, 0.05) is 18.8 Å². The fourth-order valence-electron chi connectivity index (χ4n) is 2.83. The molecule has 2 amide bonds. The quantitative estimate of drug-likeness (QED) is 0.331. The number of ether oxygens (including phenoxy) is 1. The third kappa shape index (κ3) is 7.31. The molecule has 1 aromatic carbocycles. The van der Waals surface area contributed by atoms with Gasteiger partial charge in [0.15, 0.2) is 9.84 Å². The van der Waals surface area contributed by atoms with Crippen LogP contribution in [-0.2, 0) is 38.5 Å². The lowest BCUT2D eigenvalue weighted by Gasteiger charge is -2.34. The fraction of sp³-hybridized carbons (Fsp3) is 0.529. The first-order valence-corrected chi connectivity index (χ1v) is 12.6. The lowest BCUT2D eigenvalue weighted by Crippen LogP contribution is -2.54. The minimum atomic E-state index is -4.00. The van der Waals surface area contributed by atoms with Gasteiger partial charge in [-0.2, -0.15) is 8.42 Å². The molecule has 1 heterocycles. The van der Waals surface area contributed by atoms with E-state index in [1.807, 2.05) is 0 Å². The molecule has 1 atom stereocenters. The van der Waals surface area contributed by atoms with E-state index >= 15 is 0 Å². The zero-order valence-corrected chi connectivity index (χ0v) is 17.9. The summed E-state index contributed by atoms with van der Waals surface area (Å²) in [5.74, 6) is -2.59. The molecule has 0 aromatic heterocycles. The molecule has 1 fully saturated rings. The zero-order chi connectivity index (χ0) is 22.4. The van der Waals surface area contributed by atoms with E-state index in [1.165, 1.54) is 17.0 Å². The molecule has 13 heteroatoms. The first-order valence-electron chi connectivity index (χ1n) is 8.93. The number of halogens is 1. The molecule has 0 radical (unpaired) electrons. The van der Waals surface area contributed by atoms with Crippen molar-refractivity contribution in [2.45, 2.75) is 6.04 Å². The average molecular weight is 467 g/mol. The summed E-state index contributed by atoms with van der Waals surface area (Å²) in [4.78, 5) is 27.2. The summed E-state index contributed by atoms with van der Waals surface area (Å²) >= 11 is 0. The van der Waals surface area contributed by atoms with Crippen LogP contribution in [0.3, 0.4) is 0 Å². The van der Waals surface area contributed by atoms with Crippen molar-refractivity contribution in [3.8, 4) is 0 Å². The monoisotopic (exact) mass is 466 g/mol. The van der Waals surface area contributed by atoms with Crippen LogP contribution in [0.1, 0.15) is 0 Å². The highest BCUT2D eigenvalue weighted by atomic mass is 32.2. The Kier molecular flexibility index (Phi) is 8.29. The predicted octanol–water partition coefficient (Wildman–Crippen LogP) is -0.593. The second-order valence-electron chi connectivity index (χ2n) is 6.58. The van der Waals surface area contributed by atoms with Gasteiger partial charge < -0.3 is 14.5 Å². The third-order valence-corrected chi connectivity index (χ3v) is 6.49. The van der Waals surface area contributed by atoms with Crippen molar-refractivity contribution < 1.29 is 39.7 Å². The summed E-state index contributed by atoms with van der Waals surface area (Å²) in [5, 5.41) is 0. The summed E-state index contributed by atoms with van der Waals surface area (Å²) in [6, 6.07) is 3.24. The number of sulfone groups is 1. The molecule has 1 aromatic rings. The SMILES string of the molecule is CS(=O)(=O)OCCS(=O)(=O)C[C@@H](C(=O)N1CCOCC1)N(C=O)c1ccc(F)cc1. The minimum absolute atomic E-state index is 0.139. The number of hydrogen-bond donors (Lipinski definition) is 0. The maximum atomic E-state index is 13.3. The van der Waals surface area contributed by atoms with Gasteiger partial charge in [-0.25, -0.2) is 12.8 Å². The largest absolute Gasteiger partial charge is 0.378 e. The third-order valence-electron chi connectivity index (χ3n) is 4.29. The summed E-state index contributed by atoms with van der Waals surface area (Å²) in [6.07, 6.45) is 1.09. The standard InChI is InChI=1S/C17H23FN2O8S2/c1-29(23,24)28-10-11-30(25,26)12-16(17(22)19-6-8-27-9-7-19)20(13-21)15-4-2-14(18)3-5-15/h2-5,13,16H,6-12H2,1H3/t16-/m0/s1. The van der Waals surface area contributed by atoms with Crippen LogP contribution in [0, 0.1) is 5.82 Å². The maximum absolute atomic E-state index is 13.3. The molecule has 0 aliphatic carbocycles. The minimum Gasteiger partial charge on any atom is -0.378 e. The Balaban J connectivity index is 2.28. The molecule has 0 spiro atoms. The molecular weight excluding hydrogens is 443 g/mol. The number of carbonyl (C=O) groups is 2. The van der Waals surface area contributed by atoms with E-state index < -0.39 is 55.8 Å². The molecule has 0 unspecified atom stereocenters. The number of carbonyl (C=O) groups excluding carboxylic acids is 2. The van der Waals surface area contributed by atoms with Gasteiger partial charge in [-0.3, -0.25) is 13.8 Å². The molecule has 2 rings (SSSR count). The van der Waals surface area contributed by atoms with Crippen molar-refractivity contribution in [3.05, 3.63) is 30.1 Å². The highest BCUT2D eigenvalue weighted by Crippen LogP contribution is 2.19. The van der Waals surface area contributed by atoms with Gasteiger partial charge in [0.25, 0.3) is 10.1 Å². The smallest absolute Gasteiger partial charge is 0.264 e. The highest BCUT2D eigenvalue weighted by molar-refractivity contribution is 7.91. The van der Waals surface area contributed by atoms with Crippen molar-refractivity contribution in [2.24, 2.45) is 0 Å². The normalized spacial score (nSPS) is 16.1. The molecule has 1 aliphatic rings. The van der Waals surface area contributed by atoms with E-state index in [0.29, 0.717) is 6.41 Å². The number of rotatable bonds is 10. The van der Waals surface area contributed by atoms with Crippen LogP contribution >= 0.6 is 0 Å². The van der Waals surface area contributed by atoms with E-state index in [4.69, 9.17) is 4.74 Å². The van der Waals surface area contributed by atoms with Crippen molar-refractivity contribution in [1.82, 2.24) is 4.90 Å². The Morgan fingerprint density at radius 2 is 1.83 bits per heavy atom. The van der Waals surface area contributed by atoms with Crippen LogP contribution in [0.15, 0.2) is 24.3 Å². The lowest BCUT2D eigenvalue weighted by atomic mass is 10.2. The number of anilines is 1. The van der Waals surface area contributed by atoms with Gasteiger partial charge >= 0.3 is 0 Å². The number of amides is 2. The van der Waals surface area contributed by atoms with Crippen molar-refractivity contribution >= 4 is 38.0 Å². The zero-order valence-electron chi connectivity index (χ0n) is 16.3. The maximum Gasteiger partial charge on any atom is 0.264 e. The Morgan fingerprint density at radius 3 is 2.37 bits per heavy atom. The van der Waals surface area contributed by atoms with Crippen LogP contribution in [0.2, 0.25) is 0 Å². The fourth-order valence-corrected chi connectivity index (χ4v) is 4.61. The Bertz CT molecular complexity index is 944. The first-order chi connectivity index (χ1) is 14.0. The van der Waals surface area contributed by atoms with Gasteiger partial charge in [0.05, 0.1) is 37.6 Å². The topological polar surface area (TPSA) is 127 Å². The molecule has 30 heavy (non-hydrogen) atoms. The van der Waals surface area contributed by atoms with Gasteiger partial charge in [-0.15, -0.1) is 0 Å². The number of hydrogen-bond acceptors (Lipinski definition) is 8. The van der Waals surface area contributed by atoms with Crippen molar-refractivity contribution in [3.63, 3.8) is 0 Å². The Morgan fingerprint density at radius 1 is 1.23 bits per heavy atom. The molecule has 10 nitrogen and oxygen atoms in total. The lowest BCUT2D eigenvalue weighted by molar-refractivity contribution is -0.136. The van der Waals surface area contributed by atoms with Crippen LogP contribution in [0.25, 0.3) is 0 Å². The molecular formula is C17H23FN2O8S2. The van der Waals surface area contributed by atoms with E-state index in [0.717, 1.165) is 23.3 Å². The van der Waals surface area contributed by atoms with E-state index in [2.05, 4.69) is 4.18 Å².